The zero-order chi connectivity index (χ0) is 23.4. The largest absolute Gasteiger partial charge is 0.492 e. The number of hydrogen-bond donors (Lipinski definition) is 1. The van der Waals surface area contributed by atoms with Crippen molar-refractivity contribution in [3.05, 3.63) is 58.1 Å². The Balaban J connectivity index is 1.57. The number of rotatable bonds is 9. The first kappa shape index (κ1) is 24.1. The maximum atomic E-state index is 12.7. The van der Waals surface area contributed by atoms with Crippen LogP contribution < -0.4 is 9.46 Å². The van der Waals surface area contributed by atoms with Crippen LogP contribution in [0.15, 0.2) is 52.3 Å². The Kier molecular flexibility index (Phi) is 7.49. The van der Waals surface area contributed by atoms with Crippen molar-refractivity contribution in [3.63, 3.8) is 0 Å². The fourth-order valence-corrected chi connectivity index (χ4v) is 6.17. The van der Waals surface area contributed by atoms with Crippen molar-refractivity contribution >= 4 is 25.7 Å². The summed E-state index contributed by atoms with van der Waals surface area (Å²) in [5.41, 5.74) is 0.0707. The number of nitrogens with zero attached hydrogens (tertiary/aromatic N) is 2. The van der Waals surface area contributed by atoms with Crippen LogP contribution in [0, 0.1) is 17.0 Å². The van der Waals surface area contributed by atoms with Gasteiger partial charge in [-0.15, -0.1) is 0 Å². The highest BCUT2D eigenvalue weighted by atomic mass is 32.2. The zero-order valence-corrected chi connectivity index (χ0v) is 19.2. The van der Waals surface area contributed by atoms with Crippen molar-refractivity contribution in [1.82, 2.24) is 9.03 Å². The molecule has 1 N–H and O–H groups in total. The molecule has 0 bridgehead atoms. The Morgan fingerprint density at radius 3 is 2.31 bits per heavy atom. The highest BCUT2D eigenvalue weighted by Gasteiger charge is 2.25. The average molecular weight is 484 g/mol. The number of nitro benzene ring substituents is 1. The molecule has 1 fully saturated rings. The van der Waals surface area contributed by atoms with Gasteiger partial charge < -0.3 is 4.74 Å². The molecule has 0 atom stereocenters. The molecular weight excluding hydrogens is 458 g/mol. The Hall–Kier alpha value is -2.54. The highest BCUT2D eigenvalue weighted by molar-refractivity contribution is 7.89. The maximum Gasteiger partial charge on any atom is 0.270 e. The Morgan fingerprint density at radius 2 is 1.69 bits per heavy atom. The molecule has 1 saturated heterocycles. The van der Waals surface area contributed by atoms with Gasteiger partial charge in [0.1, 0.15) is 12.4 Å². The molecule has 0 aromatic heterocycles. The van der Waals surface area contributed by atoms with E-state index < -0.39 is 25.0 Å². The summed E-state index contributed by atoms with van der Waals surface area (Å²) in [7, 11) is -7.49. The summed E-state index contributed by atoms with van der Waals surface area (Å²) in [5, 5.41) is 10.9. The van der Waals surface area contributed by atoms with Crippen LogP contribution in [0.1, 0.15) is 24.8 Å². The molecule has 12 heteroatoms. The lowest BCUT2D eigenvalue weighted by molar-refractivity contribution is -0.385. The molecule has 2 aromatic rings. The fraction of sp³-hybridized carbons (Fsp3) is 0.400. The zero-order valence-electron chi connectivity index (χ0n) is 17.6. The summed E-state index contributed by atoms with van der Waals surface area (Å²) >= 11 is 0. The first-order valence-electron chi connectivity index (χ1n) is 10.1. The van der Waals surface area contributed by atoms with Gasteiger partial charge in [-0.25, -0.2) is 21.6 Å². The third-order valence-corrected chi connectivity index (χ3v) is 8.63. The Bertz CT molecular complexity index is 1170. The van der Waals surface area contributed by atoms with Gasteiger partial charge in [0, 0.05) is 31.8 Å². The van der Waals surface area contributed by atoms with Crippen LogP contribution in [-0.2, 0) is 20.0 Å². The van der Waals surface area contributed by atoms with Crippen LogP contribution in [0.4, 0.5) is 5.69 Å². The van der Waals surface area contributed by atoms with E-state index in [1.165, 1.54) is 40.7 Å². The molecule has 1 heterocycles. The molecule has 0 aliphatic carbocycles. The van der Waals surface area contributed by atoms with Gasteiger partial charge in [0.25, 0.3) is 5.69 Å². The number of non-ortho nitro benzene ring substituents is 1. The van der Waals surface area contributed by atoms with Crippen molar-refractivity contribution in [1.29, 1.82) is 0 Å². The maximum absolute atomic E-state index is 12.7. The first-order chi connectivity index (χ1) is 15.1. The van der Waals surface area contributed by atoms with E-state index in [2.05, 4.69) is 4.72 Å². The number of benzene rings is 2. The number of nitro groups is 1. The van der Waals surface area contributed by atoms with E-state index in [1.54, 1.807) is 6.92 Å². The molecule has 1 aliphatic rings. The molecule has 174 valence electrons. The quantitative estimate of drug-likeness (QED) is 0.329. The molecule has 32 heavy (non-hydrogen) atoms. The molecular formula is C20H25N3O7S2. The third-order valence-electron chi connectivity index (χ3n) is 5.11. The predicted octanol–water partition coefficient (Wildman–Crippen LogP) is 2.44. The van der Waals surface area contributed by atoms with Crippen LogP contribution in [0.2, 0.25) is 0 Å². The normalized spacial score (nSPS) is 15.4. The van der Waals surface area contributed by atoms with Crippen LogP contribution in [0.25, 0.3) is 0 Å². The van der Waals surface area contributed by atoms with Crippen LogP contribution in [0.5, 0.6) is 5.75 Å². The number of sulfonamides is 2. The van der Waals surface area contributed by atoms with Crippen molar-refractivity contribution in [2.75, 3.05) is 26.2 Å². The van der Waals surface area contributed by atoms with E-state index in [9.17, 15) is 26.9 Å². The monoisotopic (exact) mass is 483 g/mol. The minimum atomic E-state index is -3.96. The predicted molar refractivity (Wildman–Crippen MR) is 118 cm³/mol. The van der Waals surface area contributed by atoms with E-state index in [1.807, 2.05) is 0 Å². The number of ether oxygens (including phenoxy) is 1. The molecule has 0 unspecified atom stereocenters. The van der Waals surface area contributed by atoms with E-state index in [-0.39, 0.29) is 28.6 Å². The van der Waals surface area contributed by atoms with Gasteiger partial charge in [0.05, 0.1) is 14.7 Å². The molecule has 1 aliphatic heterocycles. The molecule has 0 amide bonds. The molecule has 0 spiro atoms. The molecule has 0 saturated carbocycles. The second-order valence-corrected chi connectivity index (χ2v) is 11.1. The van der Waals surface area contributed by atoms with Gasteiger partial charge in [-0.3, -0.25) is 10.1 Å². The van der Waals surface area contributed by atoms with Gasteiger partial charge in [-0.05, 0) is 49.6 Å². The van der Waals surface area contributed by atoms with Crippen molar-refractivity contribution in [2.24, 2.45) is 0 Å². The lowest BCUT2D eigenvalue weighted by atomic mass is 10.2. The second-order valence-electron chi connectivity index (χ2n) is 7.39. The van der Waals surface area contributed by atoms with Gasteiger partial charge in [0.15, 0.2) is 0 Å². The van der Waals surface area contributed by atoms with E-state index >= 15 is 0 Å². The number of aryl methyl sites for hydroxylation is 1. The molecule has 10 nitrogen and oxygen atoms in total. The summed E-state index contributed by atoms with van der Waals surface area (Å²) in [6.45, 7) is 2.51. The summed E-state index contributed by atoms with van der Waals surface area (Å²) in [6.07, 6.45) is 2.74. The van der Waals surface area contributed by atoms with Crippen molar-refractivity contribution in [2.45, 2.75) is 36.0 Å². The SMILES string of the molecule is Cc1ccc([N+](=O)[O-])cc1S(=O)(=O)NCCOc1ccc(S(=O)(=O)N2CCCCC2)cc1. The fourth-order valence-electron chi connectivity index (χ4n) is 3.38. The first-order valence-corrected chi connectivity index (χ1v) is 13.0. The van der Waals surface area contributed by atoms with Gasteiger partial charge in [-0.1, -0.05) is 12.5 Å². The topological polar surface area (TPSA) is 136 Å². The lowest BCUT2D eigenvalue weighted by Crippen LogP contribution is -2.35. The number of hydrogen-bond acceptors (Lipinski definition) is 7. The van der Waals surface area contributed by atoms with Crippen LogP contribution in [-0.4, -0.2) is 52.3 Å². The van der Waals surface area contributed by atoms with Crippen molar-refractivity contribution < 1.29 is 26.5 Å². The third kappa shape index (κ3) is 5.63. The second kappa shape index (κ2) is 9.94. The summed E-state index contributed by atoms with van der Waals surface area (Å²) in [4.78, 5) is 10.3. The van der Waals surface area contributed by atoms with Gasteiger partial charge in [-0.2, -0.15) is 4.31 Å². The highest BCUT2D eigenvalue weighted by Crippen LogP contribution is 2.23. The summed E-state index contributed by atoms with van der Waals surface area (Å²) in [6, 6.07) is 9.62. The van der Waals surface area contributed by atoms with Gasteiger partial charge >= 0.3 is 0 Å². The minimum Gasteiger partial charge on any atom is -0.492 e. The summed E-state index contributed by atoms with van der Waals surface area (Å²) in [5.74, 6) is 0.397. The number of nitrogens with one attached hydrogen (secondary N) is 1. The van der Waals surface area contributed by atoms with Crippen LogP contribution >= 0.6 is 0 Å². The molecule has 2 aromatic carbocycles. The smallest absolute Gasteiger partial charge is 0.270 e. The van der Waals surface area contributed by atoms with Gasteiger partial charge in [0.2, 0.25) is 20.0 Å². The van der Waals surface area contributed by atoms with Crippen LogP contribution in [0.3, 0.4) is 0 Å². The van der Waals surface area contributed by atoms with E-state index in [4.69, 9.17) is 4.74 Å². The molecule has 0 radical (unpaired) electrons. The standard InChI is InChI=1S/C20H25N3O7S2/c1-16-5-6-17(23(24)25)15-20(16)31(26,27)21-11-14-30-18-7-9-19(10-8-18)32(28,29)22-12-3-2-4-13-22/h5-10,15,21H,2-4,11-14H2,1H3. The van der Waals surface area contributed by atoms with E-state index in [0.29, 0.717) is 24.4 Å². The average Bonchev–Trinajstić information content (AvgIpc) is 2.77. The summed E-state index contributed by atoms with van der Waals surface area (Å²) < 4.78 is 59.6. The minimum absolute atomic E-state index is 0.00851. The lowest BCUT2D eigenvalue weighted by Gasteiger charge is -2.25. The van der Waals surface area contributed by atoms with Crippen molar-refractivity contribution in [3.8, 4) is 5.75 Å². The Morgan fingerprint density at radius 1 is 1.03 bits per heavy atom. The Labute approximate surface area is 187 Å². The number of piperidine rings is 1. The van der Waals surface area contributed by atoms with E-state index in [0.717, 1.165) is 25.3 Å². The molecule has 3 rings (SSSR count).